The van der Waals surface area contributed by atoms with Gasteiger partial charge in [-0.3, -0.25) is 14.9 Å². The highest BCUT2D eigenvalue weighted by molar-refractivity contribution is 9.10. The highest BCUT2D eigenvalue weighted by atomic mass is 79.9. The van der Waals surface area contributed by atoms with Gasteiger partial charge >= 0.3 is 6.03 Å². The molecule has 162 valence electrons. The quantitative estimate of drug-likeness (QED) is 0.456. The van der Waals surface area contributed by atoms with Gasteiger partial charge in [-0.2, -0.15) is 0 Å². The first-order valence-corrected chi connectivity index (χ1v) is 10.7. The summed E-state index contributed by atoms with van der Waals surface area (Å²) >= 11 is 3.48. The van der Waals surface area contributed by atoms with Crippen LogP contribution in [0.2, 0.25) is 0 Å². The normalized spacial score (nSPS) is 15.3. The number of carbonyl (C=O) groups excluding carboxylic acids is 3. The van der Waals surface area contributed by atoms with Gasteiger partial charge in [-0.15, -0.1) is 0 Å². The van der Waals surface area contributed by atoms with E-state index in [0.717, 1.165) is 16.9 Å². The molecule has 0 saturated carbocycles. The van der Waals surface area contributed by atoms with Gasteiger partial charge in [0.2, 0.25) is 0 Å². The molecule has 7 nitrogen and oxygen atoms in total. The first kappa shape index (κ1) is 22.6. The molecule has 0 radical (unpaired) electrons. The van der Waals surface area contributed by atoms with Crippen molar-refractivity contribution in [3.8, 4) is 11.5 Å². The van der Waals surface area contributed by atoms with E-state index in [-0.39, 0.29) is 5.57 Å². The molecular weight excluding hydrogens is 464 g/mol. The van der Waals surface area contributed by atoms with Gasteiger partial charge in [0.25, 0.3) is 11.8 Å². The van der Waals surface area contributed by atoms with Crippen LogP contribution in [0.3, 0.4) is 0 Å². The Morgan fingerprint density at radius 3 is 2.55 bits per heavy atom. The average molecular weight is 487 g/mol. The molecule has 2 aromatic rings. The van der Waals surface area contributed by atoms with Crippen molar-refractivity contribution in [1.82, 2.24) is 5.32 Å². The number of imide groups is 2. The minimum atomic E-state index is -0.780. The zero-order valence-electron chi connectivity index (χ0n) is 17.5. The van der Waals surface area contributed by atoms with Crippen molar-refractivity contribution in [2.45, 2.75) is 27.2 Å². The lowest BCUT2D eigenvalue weighted by Gasteiger charge is -2.26. The zero-order valence-corrected chi connectivity index (χ0v) is 19.1. The van der Waals surface area contributed by atoms with Crippen LogP contribution < -0.4 is 19.7 Å². The van der Waals surface area contributed by atoms with Crippen molar-refractivity contribution < 1.29 is 23.9 Å². The van der Waals surface area contributed by atoms with E-state index in [1.54, 1.807) is 30.3 Å². The fourth-order valence-electron chi connectivity index (χ4n) is 3.10. The number of nitrogens with zero attached hydrogens (tertiary/aromatic N) is 1. The molecule has 1 N–H and O–H groups in total. The summed E-state index contributed by atoms with van der Waals surface area (Å²) in [5.74, 6) is -0.395. The second-order valence-electron chi connectivity index (χ2n) is 6.91. The van der Waals surface area contributed by atoms with Crippen molar-refractivity contribution in [3.63, 3.8) is 0 Å². The minimum absolute atomic E-state index is 0.155. The average Bonchev–Trinajstić information content (AvgIpc) is 2.71. The second-order valence-corrected chi connectivity index (χ2v) is 7.76. The third-order valence-corrected chi connectivity index (χ3v) is 5.04. The molecule has 1 aliphatic rings. The maximum Gasteiger partial charge on any atom is 0.335 e. The molecule has 0 spiro atoms. The van der Waals surface area contributed by atoms with Gasteiger partial charge in [0.15, 0.2) is 11.5 Å². The number of ether oxygens (including phenoxy) is 2. The molecular formula is C23H23BrN2O5. The summed E-state index contributed by atoms with van der Waals surface area (Å²) in [6.45, 7) is 6.65. The number of rotatable bonds is 7. The molecule has 3 rings (SSSR count). The summed E-state index contributed by atoms with van der Waals surface area (Å²) in [5, 5.41) is 2.23. The molecule has 0 aromatic heterocycles. The molecule has 0 bridgehead atoms. The second kappa shape index (κ2) is 9.78. The number of urea groups is 1. The number of aryl methyl sites for hydroxylation is 1. The van der Waals surface area contributed by atoms with E-state index in [0.29, 0.717) is 40.4 Å². The molecule has 1 heterocycles. The van der Waals surface area contributed by atoms with Crippen molar-refractivity contribution in [2.75, 3.05) is 18.1 Å². The van der Waals surface area contributed by atoms with Crippen molar-refractivity contribution in [2.24, 2.45) is 0 Å². The van der Waals surface area contributed by atoms with Gasteiger partial charge in [-0.25, -0.2) is 9.69 Å². The molecule has 8 heteroatoms. The Balaban J connectivity index is 2.02. The van der Waals surface area contributed by atoms with Crippen LogP contribution in [-0.2, 0) is 9.59 Å². The number of carbonyl (C=O) groups is 3. The molecule has 0 aliphatic carbocycles. The van der Waals surface area contributed by atoms with Crippen LogP contribution in [0.1, 0.15) is 31.4 Å². The van der Waals surface area contributed by atoms with Gasteiger partial charge in [-0.1, -0.05) is 19.1 Å². The summed E-state index contributed by atoms with van der Waals surface area (Å²) in [6.07, 6.45) is 2.27. The van der Waals surface area contributed by atoms with E-state index in [1.165, 1.54) is 6.08 Å². The molecule has 0 unspecified atom stereocenters. The number of hydrogen-bond donors (Lipinski definition) is 1. The monoisotopic (exact) mass is 486 g/mol. The number of nitrogens with one attached hydrogen (secondary N) is 1. The van der Waals surface area contributed by atoms with Crippen LogP contribution in [-0.4, -0.2) is 31.1 Å². The predicted molar refractivity (Wildman–Crippen MR) is 121 cm³/mol. The number of anilines is 1. The summed E-state index contributed by atoms with van der Waals surface area (Å²) in [6, 6.07) is 9.58. The Morgan fingerprint density at radius 2 is 1.87 bits per heavy atom. The Morgan fingerprint density at radius 1 is 1.10 bits per heavy atom. The van der Waals surface area contributed by atoms with Gasteiger partial charge in [0, 0.05) is 0 Å². The Bertz CT molecular complexity index is 1060. The molecule has 0 atom stereocenters. The highest BCUT2D eigenvalue weighted by Gasteiger charge is 2.36. The number of amides is 4. The Kier molecular flexibility index (Phi) is 7.12. The molecule has 1 fully saturated rings. The third-order valence-electron chi connectivity index (χ3n) is 4.45. The predicted octanol–water partition coefficient (Wildman–Crippen LogP) is 4.61. The minimum Gasteiger partial charge on any atom is -0.490 e. The van der Waals surface area contributed by atoms with Crippen LogP contribution in [0.4, 0.5) is 10.5 Å². The van der Waals surface area contributed by atoms with E-state index >= 15 is 0 Å². The van der Waals surface area contributed by atoms with Crippen LogP contribution in [0.25, 0.3) is 6.08 Å². The highest BCUT2D eigenvalue weighted by Crippen LogP contribution is 2.38. The topological polar surface area (TPSA) is 84.9 Å². The molecule has 4 amide bonds. The standard InChI is InChI=1S/C23H23BrN2O5/c1-4-9-31-20-18(24)12-15(13-19(20)30-5-2)11-17-21(27)25-23(29)26(22(17)28)16-8-6-7-14(3)10-16/h6-8,10-13H,4-5,9H2,1-3H3,(H,25,27,29)/b17-11+. The largest absolute Gasteiger partial charge is 0.490 e. The lowest BCUT2D eigenvalue weighted by atomic mass is 10.1. The first-order valence-electron chi connectivity index (χ1n) is 9.93. The zero-order chi connectivity index (χ0) is 22.5. The molecule has 31 heavy (non-hydrogen) atoms. The number of barbiturate groups is 1. The van der Waals surface area contributed by atoms with Crippen molar-refractivity contribution >= 4 is 45.5 Å². The maximum atomic E-state index is 13.1. The van der Waals surface area contributed by atoms with E-state index in [2.05, 4.69) is 21.2 Å². The lowest BCUT2D eigenvalue weighted by molar-refractivity contribution is -0.122. The molecule has 1 aliphatic heterocycles. The van der Waals surface area contributed by atoms with E-state index in [1.807, 2.05) is 26.8 Å². The van der Waals surface area contributed by atoms with Crippen LogP contribution >= 0.6 is 15.9 Å². The van der Waals surface area contributed by atoms with E-state index in [4.69, 9.17) is 9.47 Å². The smallest absolute Gasteiger partial charge is 0.335 e. The van der Waals surface area contributed by atoms with E-state index < -0.39 is 17.8 Å². The summed E-state index contributed by atoms with van der Waals surface area (Å²) in [7, 11) is 0. The Hall–Kier alpha value is -3.13. The van der Waals surface area contributed by atoms with Gasteiger partial charge in [0.05, 0.1) is 23.4 Å². The number of hydrogen-bond acceptors (Lipinski definition) is 5. The lowest BCUT2D eigenvalue weighted by Crippen LogP contribution is -2.54. The van der Waals surface area contributed by atoms with Gasteiger partial charge in [-0.05, 0) is 77.7 Å². The van der Waals surface area contributed by atoms with Crippen LogP contribution in [0.15, 0.2) is 46.4 Å². The molecule has 2 aromatic carbocycles. The summed E-state index contributed by atoms with van der Waals surface area (Å²) < 4.78 is 12.1. The SMILES string of the molecule is CCCOc1c(Br)cc(/C=C2\C(=O)NC(=O)N(c3cccc(C)c3)C2=O)cc1OCC. The summed E-state index contributed by atoms with van der Waals surface area (Å²) in [5.41, 5.74) is 1.67. The van der Waals surface area contributed by atoms with Gasteiger partial charge in [0.1, 0.15) is 5.57 Å². The van der Waals surface area contributed by atoms with Crippen molar-refractivity contribution in [3.05, 3.63) is 57.6 Å². The van der Waals surface area contributed by atoms with Crippen molar-refractivity contribution in [1.29, 1.82) is 0 Å². The fourth-order valence-corrected chi connectivity index (χ4v) is 3.68. The first-order chi connectivity index (χ1) is 14.8. The van der Waals surface area contributed by atoms with Gasteiger partial charge < -0.3 is 9.47 Å². The number of halogens is 1. The summed E-state index contributed by atoms with van der Waals surface area (Å²) in [4.78, 5) is 38.8. The van der Waals surface area contributed by atoms with Crippen LogP contribution in [0, 0.1) is 6.92 Å². The van der Waals surface area contributed by atoms with Crippen LogP contribution in [0.5, 0.6) is 11.5 Å². The Labute approximate surface area is 189 Å². The van der Waals surface area contributed by atoms with E-state index in [9.17, 15) is 14.4 Å². The molecule has 1 saturated heterocycles. The fraction of sp³-hybridized carbons (Fsp3) is 0.261. The number of benzene rings is 2. The maximum absolute atomic E-state index is 13.1. The third kappa shape index (κ3) is 4.96.